The van der Waals surface area contributed by atoms with Crippen LogP contribution in [0.5, 0.6) is 0 Å². The van der Waals surface area contributed by atoms with Crippen LogP contribution in [0.1, 0.15) is 44.9 Å². The lowest BCUT2D eigenvalue weighted by atomic mass is 10.0. The summed E-state index contributed by atoms with van der Waals surface area (Å²) in [6.45, 7) is 1.48. The third kappa shape index (κ3) is 4.11. The van der Waals surface area contributed by atoms with Crippen molar-refractivity contribution < 1.29 is 9.90 Å². The first-order valence-electron chi connectivity index (χ1n) is 10.4. The predicted octanol–water partition coefficient (Wildman–Crippen LogP) is 4.04. The van der Waals surface area contributed by atoms with Crippen molar-refractivity contribution in [2.24, 2.45) is 0 Å². The molecule has 2 fully saturated rings. The fourth-order valence-corrected chi connectivity index (χ4v) is 4.28. The molecule has 5 rings (SSSR count). The molecule has 1 saturated heterocycles. The average molecular weight is 396 g/mol. The quantitative estimate of drug-likeness (QED) is 0.678. The van der Waals surface area contributed by atoms with Crippen LogP contribution in [0.3, 0.4) is 0 Å². The van der Waals surface area contributed by atoms with Crippen LogP contribution in [0.15, 0.2) is 24.8 Å². The second-order valence-electron chi connectivity index (χ2n) is 7.86. The maximum atomic E-state index is 11.3. The summed E-state index contributed by atoms with van der Waals surface area (Å²) in [5, 5.41) is 11.2. The number of pyridine rings is 1. The molecule has 154 valence electrons. The first kappa shape index (κ1) is 19.4. The first-order valence-corrected chi connectivity index (χ1v) is 10.4. The second-order valence-corrected chi connectivity index (χ2v) is 7.86. The molecule has 3 aromatic rings. The van der Waals surface area contributed by atoms with Crippen molar-refractivity contribution in [3.05, 3.63) is 24.8 Å². The van der Waals surface area contributed by atoms with Crippen LogP contribution < -0.4 is 4.90 Å². The summed E-state index contributed by atoms with van der Waals surface area (Å²) in [7, 11) is 1.63. The zero-order valence-corrected chi connectivity index (χ0v) is 16.8. The van der Waals surface area contributed by atoms with Crippen molar-refractivity contribution in [3.8, 4) is 0 Å². The summed E-state index contributed by atoms with van der Waals surface area (Å²) >= 11 is 0. The Bertz CT molecular complexity index is 976. The number of nitrogens with zero attached hydrogens (tertiary/aromatic N) is 5. The van der Waals surface area contributed by atoms with E-state index in [1.165, 1.54) is 37.0 Å². The molecular formula is C21H28N6O2. The SMILES string of the molecule is C1CCCC1.CN(C(=O)O)C1CCCN(c2ncnc3cnc4[nH]ccc4c23)C1. The Hall–Kier alpha value is -2.90. The van der Waals surface area contributed by atoms with E-state index in [1.54, 1.807) is 19.6 Å². The van der Waals surface area contributed by atoms with Gasteiger partial charge in [-0.3, -0.25) is 0 Å². The number of rotatable bonds is 2. The number of amides is 1. The molecule has 2 aliphatic rings. The number of likely N-dealkylation sites (N-methyl/N-ethyl adjacent to an activating group) is 1. The maximum absolute atomic E-state index is 11.3. The van der Waals surface area contributed by atoms with Crippen LogP contribution in [0.25, 0.3) is 21.9 Å². The van der Waals surface area contributed by atoms with Gasteiger partial charge in [0.05, 0.1) is 23.1 Å². The summed E-state index contributed by atoms with van der Waals surface area (Å²) in [6, 6.07) is 1.94. The van der Waals surface area contributed by atoms with Crippen molar-refractivity contribution in [2.45, 2.75) is 51.0 Å². The van der Waals surface area contributed by atoms with E-state index in [-0.39, 0.29) is 6.04 Å². The monoisotopic (exact) mass is 396 g/mol. The fourth-order valence-electron chi connectivity index (χ4n) is 4.28. The van der Waals surface area contributed by atoms with Crippen LogP contribution in [0, 0.1) is 0 Å². The number of fused-ring (bicyclic) bond motifs is 3. The minimum atomic E-state index is -0.897. The maximum Gasteiger partial charge on any atom is 0.407 e. The molecule has 0 bridgehead atoms. The number of H-pyrrole nitrogens is 1. The molecule has 2 N–H and O–H groups in total. The molecule has 1 saturated carbocycles. The van der Waals surface area contributed by atoms with Gasteiger partial charge in [-0.1, -0.05) is 32.1 Å². The second kappa shape index (κ2) is 8.63. The minimum Gasteiger partial charge on any atom is -0.465 e. The van der Waals surface area contributed by atoms with Gasteiger partial charge in [0.25, 0.3) is 0 Å². The van der Waals surface area contributed by atoms with Crippen LogP contribution in [-0.4, -0.2) is 62.2 Å². The highest BCUT2D eigenvalue weighted by molar-refractivity contribution is 6.08. The predicted molar refractivity (Wildman–Crippen MR) is 113 cm³/mol. The molecule has 0 radical (unpaired) electrons. The molecule has 8 nitrogen and oxygen atoms in total. The standard InChI is InChI=1S/C16H18N6O2.C5H10/c1-21(16(23)24)10-3-2-6-22(8-10)15-13-11-4-5-17-14(11)18-7-12(13)19-9-20-15;1-2-4-5-3-1/h4-5,7,9-10H,2-3,6,8H2,1H3,(H,17,18)(H,23,24);1-5H2. The van der Waals surface area contributed by atoms with Gasteiger partial charge in [-0.2, -0.15) is 0 Å². The molecule has 1 aliphatic heterocycles. The van der Waals surface area contributed by atoms with Crippen molar-refractivity contribution >= 4 is 33.8 Å². The van der Waals surface area contributed by atoms with E-state index in [0.29, 0.717) is 6.54 Å². The summed E-state index contributed by atoms with van der Waals surface area (Å²) in [5.41, 5.74) is 1.59. The minimum absolute atomic E-state index is 0.0372. The lowest BCUT2D eigenvalue weighted by molar-refractivity contribution is 0.133. The van der Waals surface area contributed by atoms with Gasteiger partial charge in [0.1, 0.15) is 17.8 Å². The Kier molecular flexibility index (Phi) is 5.78. The number of carboxylic acid groups (broad SMARTS) is 1. The number of carbonyl (C=O) groups is 1. The van der Waals surface area contributed by atoms with Crippen LogP contribution in [-0.2, 0) is 0 Å². The van der Waals surface area contributed by atoms with Gasteiger partial charge in [0.2, 0.25) is 0 Å². The lowest BCUT2D eigenvalue weighted by Gasteiger charge is -2.37. The molecule has 1 atom stereocenters. The van der Waals surface area contributed by atoms with E-state index < -0.39 is 6.09 Å². The molecule has 0 aromatic carbocycles. The topological polar surface area (TPSA) is 98.2 Å². The lowest BCUT2D eigenvalue weighted by Crippen LogP contribution is -2.48. The third-order valence-electron chi connectivity index (χ3n) is 5.96. The van der Waals surface area contributed by atoms with E-state index in [2.05, 4.69) is 24.8 Å². The molecule has 8 heteroatoms. The average Bonchev–Trinajstić information content (AvgIpc) is 3.47. The van der Waals surface area contributed by atoms with Crippen molar-refractivity contribution in [1.82, 2.24) is 24.8 Å². The van der Waals surface area contributed by atoms with E-state index in [0.717, 1.165) is 47.1 Å². The summed E-state index contributed by atoms with van der Waals surface area (Å²) in [6.07, 6.45) is 13.5. The Morgan fingerprint density at radius 2 is 1.93 bits per heavy atom. The number of hydrogen-bond donors (Lipinski definition) is 2. The smallest absolute Gasteiger partial charge is 0.407 e. The van der Waals surface area contributed by atoms with E-state index in [1.807, 2.05) is 12.3 Å². The van der Waals surface area contributed by atoms with Crippen LogP contribution in [0.2, 0.25) is 0 Å². The van der Waals surface area contributed by atoms with Crippen molar-refractivity contribution in [2.75, 3.05) is 25.0 Å². The van der Waals surface area contributed by atoms with Gasteiger partial charge in [-0.25, -0.2) is 19.7 Å². The van der Waals surface area contributed by atoms with Gasteiger partial charge >= 0.3 is 6.09 Å². The highest BCUT2D eigenvalue weighted by atomic mass is 16.4. The molecule has 3 aromatic heterocycles. The molecule has 29 heavy (non-hydrogen) atoms. The zero-order valence-electron chi connectivity index (χ0n) is 16.8. The first-order chi connectivity index (χ1) is 14.1. The van der Waals surface area contributed by atoms with Gasteiger partial charge in [-0.15, -0.1) is 0 Å². The van der Waals surface area contributed by atoms with Gasteiger partial charge < -0.3 is 19.9 Å². The Morgan fingerprint density at radius 3 is 2.66 bits per heavy atom. The highest BCUT2D eigenvalue weighted by Crippen LogP contribution is 2.31. The van der Waals surface area contributed by atoms with Crippen LogP contribution >= 0.6 is 0 Å². The number of piperidine rings is 1. The number of anilines is 1. The van der Waals surface area contributed by atoms with Gasteiger partial charge in [-0.05, 0) is 18.9 Å². The Balaban J connectivity index is 0.000000359. The summed E-state index contributed by atoms with van der Waals surface area (Å²) in [4.78, 5) is 31.1. The van der Waals surface area contributed by atoms with Gasteiger partial charge in [0, 0.05) is 31.7 Å². The Morgan fingerprint density at radius 1 is 1.17 bits per heavy atom. The molecule has 1 unspecified atom stereocenters. The highest BCUT2D eigenvalue weighted by Gasteiger charge is 2.28. The van der Waals surface area contributed by atoms with Crippen molar-refractivity contribution in [1.29, 1.82) is 0 Å². The molecular weight excluding hydrogens is 368 g/mol. The molecule has 1 amide bonds. The normalized spacial score (nSPS) is 19.2. The van der Waals surface area contributed by atoms with E-state index in [9.17, 15) is 9.90 Å². The molecule has 4 heterocycles. The number of aromatic amines is 1. The number of aromatic nitrogens is 4. The zero-order chi connectivity index (χ0) is 20.2. The van der Waals surface area contributed by atoms with Crippen LogP contribution in [0.4, 0.5) is 10.6 Å². The molecule has 1 aliphatic carbocycles. The van der Waals surface area contributed by atoms with E-state index >= 15 is 0 Å². The van der Waals surface area contributed by atoms with E-state index in [4.69, 9.17) is 0 Å². The Labute approximate surface area is 170 Å². The number of hydrogen-bond acceptors (Lipinski definition) is 5. The number of nitrogens with one attached hydrogen (secondary N) is 1. The van der Waals surface area contributed by atoms with Crippen molar-refractivity contribution in [3.63, 3.8) is 0 Å². The molecule has 0 spiro atoms. The third-order valence-corrected chi connectivity index (χ3v) is 5.96. The summed E-state index contributed by atoms with van der Waals surface area (Å²) < 4.78 is 0. The van der Waals surface area contributed by atoms with Gasteiger partial charge in [0.15, 0.2) is 0 Å². The largest absolute Gasteiger partial charge is 0.465 e. The summed E-state index contributed by atoms with van der Waals surface area (Å²) in [5.74, 6) is 0.843. The fraction of sp³-hybridized carbons (Fsp3) is 0.524.